The number of benzene rings is 15. The normalized spacial score (nSPS) is 12.2. The molecule has 0 aliphatic carbocycles. The van der Waals surface area contributed by atoms with Crippen LogP contribution in [0.4, 0.5) is 0 Å². The first kappa shape index (κ1) is 57.5. The van der Waals surface area contributed by atoms with E-state index in [1.807, 2.05) is 30.5 Å². The highest BCUT2D eigenvalue weighted by atomic mass is 16.3. The second-order valence-corrected chi connectivity index (χ2v) is 27.7. The summed E-state index contributed by atoms with van der Waals surface area (Å²) in [5.41, 5.74) is 20.7. The summed E-state index contributed by atoms with van der Waals surface area (Å²) in [4.78, 5) is 21.2. The van der Waals surface area contributed by atoms with Crippen LogP contribution in [0.25, 0.3) is 209 Å². The maximum Gasteiger partial charge on any atom is 0.200 e. The average molecular weight is 1340 g/mol. The summed E-state index contributed by atoms with van der Waals surface area (Å²) in [6.07, 6.45) is 2.04. The van der Waals surface area contributed by atoms with Gasteiger partial charge in [-0.3, -0.25) is 9.78 Å². The topological polar surface area (TPSA) is 72.7 Å². The highest BCUT2D eigenvalue weighted by Gasteiger charge is 2.24. The van der Waals surface area contributed by atoms with E-state index in [0.29, 0.717) is 21.9 Å². The first-order chi connectivity index (χ1) is 52.0. The van der Waals surface area contributed by atoms with Gasteiger partial charge in [-0.1, -0.05) is 176 Å². The van der Waals surface area contributed by atoms with Crippen molar-refractivity contribution in [1.29, 1.82) is 0 Å². The first-order valence-corrected chi connectivity index (χ1v) is 35.7. The molecule has 105 heavy (non-hydrogen) atoms. The van der Waals surface area contributed by atoms with Crippen LogP contribution < -0.4 is 5.43 Å². The van der Waals surface area contributed by atoms with Crippen molar-refractivity contribution in [3.05, 3.63) is 356 Å². The van der Waals surface area contributed by atoms with Crippen molar-refractivity contribution in [1.82, 2.24) is 32.4 Å². The van der Waals surface area contributed by atoms with Gasteiger partial charge in [0, 0.05) is 82.3 Å². The fourth-order valence-electron chi connectivity index (χ4n) is 17.7. The van der Waals surface area contributed by atoms with E-state index in [4.69, 9.17) is 9.40 Å². The molecule has 0 saturated heterocycles. The summed E-state index contributed by atoms with van der Waals surface area (Å²) in [6.45, 7) is 0. The molecule has 0 aliphatic rings. The Kier molecular flexibility index (Phi) is 12.0. The molecule has 7 aromatic heterocycles. The van der Waals surface area contributed by atoms with Crippen LogP contribution in [0.3, 0.4) is 0 Å². The third kappa shape index (κ3) is 8.22. The Bertz CT molecular complexity index is 7770. The number of fused-ring (bicyclic) bond motifs is 24. The smallest absolute Gasteiger partial charge is 0.200 e. The molecule has 0 saturated carbocycles. The fraction of sp³-hybridized carbons (Fsp3) is 0. The number of hydrogen-bond acceptors (Lipinski definition) is 3. The van der Waals surface area contributed by atoms with Crippen molar-refractivity contribution in [3.63, 3.8) is 0 Å². The van der Waals surface area contributed by atoms with Crippen molar-refractivity contribution in [2.75, 3.05) is 0 Å². The van der Waals surface area contributed by atoms with Gasteiger partial charge in [0.05, 0.1) is 94.4 Å². The number of nitrogens with zero attached hydrogens (tertiary/aromatic N) is 7. The van der Waals surface area contributed by atoms with E-state index < -0.39 is 0 Å². The third-order valence-corrected chi connectivity index (χ3v) is 22.2. The molecule has 0 spiro atoms. The molecular weight excluding hydrogens is 1280 g/mol. The Labute approximate surface area is 597 Å². The average Bonchev–Trinajstić information content (AvgIpc) is 1.56. The molecule has 0 fully saturated rings. The Balaban J connectivity index is 0.881. The van der Waals surface area contributed by atoms with E-state index in [9.17, 15) is 0 Å². The summed E-state index contributed by atoms with van der Waals surface area (Å²) in [5.74, 6) is 0. The summed E-state index contributed by atoms with van der Waals surface area (Å²) < 4.78 is 21.4. The maximum absolute atomic E-state index is 15.3. The number of aromatic nitrogens is 7. The predicted molar refractivity (Wildman–Crippen MR) is 436 cm³/mol. The minimum absolute atomic E-state index is 0.0964. The number of rotatable bonds is 6. The van der Waals surface area contributed by atoms with Gasteiger partial charge in [0.1, 0.15) is 11.2 Å². The van der Waals surface area contributed by atoms with Gasteiger partial charge < -0.3 is 31.8 Å². The molecule has 23 aromatic rings. The lowest BCUT2D eigenvalue weighted by Crippen LogP contribution is -2.08. The van der Waals surface area contributed by atoms with Crippen LogP contribution in [0, 0.1) is 0 Å². The lowest BCUT2D eigenvalue weighted by molar-refractivity contribution is 0.660. The summed E-state index contributed by atoms with van der Waals surface area (Å²) in [5, 5.41) is 16.9. The summed E-state index contributed by atoms with van der Waals surface area (Å²) in [6, 6.07) is 122. The summed E-state index contributed by atoms with van der Waals surface area (Å²) >= 11 is 0. The SMILES string of the molecule is O=c1c2ccccc2oc2cc3c(cc12)c1cc2c(cc1c1ccc(-n4c5ccccc5c5cc(-n6c7ccccc7c7ccccc76)ccc54)cc1c1cc(-n4c5ccccc5c5cc(-n6c7ccccc7c7ccccc76)ccc54)cnc13)n(-c1ccccc1)c1ccccc1n2-c1ccccc1. The molecule has 0 amide bonds. The number of para-hydroxylation sites is 11. The Morgan fingerprint density at radius 2 is 0.514 bits per heavy atom. The molecule has 0 bridgehead atoms. The van der Waals surface area contributed by atoms with E-state index in [1.165, 1.54) is 21.5 Å². The van der Waals surface area contributed by atoms with Gasteiger partial charge in [-0.2, -0.15) is 0 Å². The van der Waals surface area contributed by atoms with Crippen LogP contribution in [0.15, 0.2) is 355 Å². The lowest BCUT2D eigenvalue weighted by atomic mass is 9.94. The zero-order valence-electron chi connectivity index (χ0n) is 56.4. The Morgan fingerprint density at radius 3 is 0.990 bits per heavy atom. The molecule has 23 rings (SSSR count). The van der Waals surface area contributed by atoms with Gasteiger partial charge >= 0.3 is 0 Å². The highest BCUT2D eigenvalue weighted by molar-refractivity contribution is 6.29. The van der Waals surface area contributed by atoms with E-state index in [-0.39, 0.29) is 5.43 Å². The van der Waals surface area contributed by atoms with Gasteiger partial charge in [0.2, 0.25) is 5.43 Å². The molecule has 0 unspecified atom stereocenters. The van der Waals surface area contributed by atoms with E-state index in [1.54, 1.807) is 0 Å². The van der Waals surface area contributed by atoms with Gasteiger partial charge in [0.15, 0.2) is 0 Å². The minimum Gasteiger partial charge on any atom is -0.456 e. The van der Waals surface area contributed by atoms with Crippen LogP contribution in [-0.4, -0.2) is 32.4 Å². The molecule has 9 heteroatoms. The maximum atomic E-state index is 15.3. The van der Waals surface area contributed by atoms with Gasteiger partial charge in [-0.25, -0.2) is 0 Å². The predicted octanol–water partition coefficient (Wildman–Crippen LogP) is 24.4. The van der Waals surface area contributed by atoms with Crippen molar-refractivity contribution >= 4 is 174 Å². The fourth-order valence-corrected chi connectivity index (χ4v) is 17.7. The van der Waals surface area contributed by atoms with E-state index >= 15 is 4.79 Å². The van der Waals surface area contributed by atoms with Crippen molar-refractivity contribution in [2.24, 2.45) is 0 Å². The van der Waals surface area contributed by atoms with E-state index in [2.05, 4.69) is 343 Å². The third-order valence-electron chi connectivity index (χ3n) is 22.2. The molecule has 16 aromatic carbocycles. The van der Waals surface area contributed by atoms with Crippen molar-refractivity contribution in [3.8, 4) is 34.1 Å². The van der Waals surface area contributed by atoms with Gasteiger partial charge in [-0.15, -0.1) is 0 Å². The molecule has 7 heterocycles. The van der Waals surface area contributed by atoms with Gasteiger partial charge in [0.25, 0.3) is 0 Å². The molecule has 0 N–H and O–H groups in total. The largest absolute Gasteiger partial charge is 0.456 e. The van der Waals surface area contributed by atoms with Crippen LogP contribution in [0.2, 0.25) is 0 Å². The number of pyridine rings is 1. The molecule has 0 radical (unpaired) electrons. The zero-order chi connectivity index (χ0) is 68.7. The molecule has 0 aliphatic heterocycles. The Hall–Kier alpha value is -14.3. The molecule has 9 nitrogen and oxygen atoms in total. The standard InChI is InChI=1S/C96H57N7O2/c104-96-71-33-13-22-42-93(71)105-94-56-79-73(53-80(94)96)75-55-92-91(98(58-23-3-1-4-24-58)89-40-20-21-41-90(89)99(92)59-25-5-2-6-26-59)54-74(75)64-46-43-60(102-85-38-18-11-31-69(85)76-50-61(44-47-87(76)102)100-81-34-14-7-27-65(81)66-28-8-15-35-82(66)100)49-72(64)78-52-63(57-97-95(78)79)103-86-39-19-12-32-70(86)77-51-62(45-48-88(77)103)101-83-36-16-9-29-67(83)68-30-10-17-37-84(68)101/h1-57H. The second-order valence-electron chi connectivity index (χ2n) is 27.7. The highest BCUT2D eigenvalue weighted by Crippen LogP contribution is 2.45. The van der Waals surface area contributed by atoms with Crippen LogP contribution in [-0.2, 0) is 0 Å². The molecule has 0 atom stereocenters. The summed E-state index contributed by atoms with van der Waals surface area (Å²) in [7, 11) is 0. The van der Waals surface area contributed by atoms with Crippen molar-refractivity contribution in [2.45, 2.75) is 0 Å². The monoisotopic (exact) mass is 1340 g/mol. The number of hydrogen-bond donors (Lipinski definition) is 0. The first-order valence-electron chi connectivity index (χ1n) is 35.7. The van der Waals surface area contributed by atoms with Gasteiger partial charge in [-0.05, 0) is 191 Å². The minimum atomic E-state index is -0.0964. The molecular formula is C96H57N7O2. The van der Waals surface area contributed by atoms with Crippen LogP contribution in [0.1, 0.15) is 0 Å². The van der Waals surface area contributed by atoms with E-state index in [0.717, 1.165) is 165 Å². The molecule has 488 valence electrons. The quantitative estimate of drug-likeness (QED) is 0.156. The van der Waals surface area contributed by atoms with Crippen LogP contribution in [0.5, 0.6) is 0 Å². The second kappa shape index (κ2) is 21.9. The van der Waals surface area contributed by atoms with Crippen LogP contribution >= 0.6 is 0 Å². The zero-order valence-corrected chi connectivity index (χ0v) is 56.4. The Morgan fingerprint density at radius 1 is 0.190 bits per heavy atom. The van der Waals surface area contributed by atoms with Crippen molar-refractivity contribution < 1.29 is 4.42 Å². The lowest BCUT2D eigenvalue weighted by Gasteiger charge is -2.23.